The standard InChI is InChI=1S/C56H36N2S/c1-3-13-37(14-4-1)45-22-11-16-40-17-12-23-46(55(40)45)39-25-28-42(29-26-39)57(44-31-33-50-54(36-44)59-53-34-27-38-15-7-8-20-47(38)56(50)53)43-30-32-49-48-21-9-10-24-51(48)58(52(49)35-43)41-18-5-2-6-19-41/h1-36H. The molecule has 0 aliphatic heterocycles. The molecule has 0 unspecified atom stereocenters. The van der Waals surface area contributed by atoms with E-state index in [-0.39, 0.29) is 0 Å². The molecule has 10 aromatic carbocycles. The van der Waals surface area contributed by atoms with Gasteiger partial charge in [-0.25, -0.2) is 0 Å². The van der Waals surface area contributed by atoms with Gasteiger partial charge in [-0.1, -0.05) is 158 Å². The van der Waals surface area contributed by atoms with Gasteiger partial charge in [0.15, 0.2) is 0 Å². The molecule has 0 saturated carbocycles. The molecule has 12 aromatic rings. The Morgan fingerprint density at radius 3 is 1.71 bits per heavy atom. The van der Waals surface area contributed by atoms with Gasteiger partial charge in [-0.05, 0) is 104 Å². The first-order valence-electron chi connectivity index (χ1n) is 20.2. The zero-order valence-corrected chi connectivity index (χ0v) is 32.9. The lowest BCUT2D eigenvalue weighted by Crippen LogP contribution is -2.10. The van der Waals surface area contributed by atoms with Gasteiger partial charge >= 0.3 is 0 Å². The van der Waals surface area contributed by atoms with Crippen LogP contribution in [0.25, 0.3) is 91.5 Å². The van der Waals surface area contributed by atoms with Gasteiger partial charge in [0.25, 0.3) is 0 Å². The Morgan fingerprint density at radius 2 is 0.932 bits per heavy atom. The van der Waals surface area contributed by atoms with Crippen molar-refractivity contribution in [3.8, 4) is 27.9 Å². The Bertz CT molecular complexity index is 3540. The number of rotatable bonds is 6. The highest BCUT2D eigenvalue weighted by atomic mass is 32.1. The van der Waals surface area contributed by atoms with Crippen molar-refractivity contribution < 1.29 is 0 Å². The number of hydrogen-bond acceptors (Lipinski definition) is 2. The van der Waals surface area contributed by atoms with Crippen LogP contribution in [0.3, 0.4) is 0 Å². The van der Waals surface area contributed by atoms with Crippen LogP contribution < -0.4 is 4.90 Å². The topological polar surface area (TPSA) is 8.17 Å². The van der Waals surface area contributed by atoms with Gasteiger partial charge in [-0.3, -0.25) is 0 Å². The summed E-state index contributed by atoms with van der Waals surface area (Å²) in [6, 6.07) is 79.9. The molecule has 12 rings (SSSR count). The molecule has 0 spiro atoms. The Hall–Kier alpha value is -7.46. The fraction of sp³-hybridized carbons (Fsp3) is 0. The predicted molar refractivity (Wildman–Crippen MR) is 254 cm³/mol. The molecule has 0 aliphatic carbocycles. The molecule has 0 saturated heterocycles. The normalized spacial score (nSPS) is 11.7. The smallest absolute Gasteiger partial charge is 0.0561 e. The second kappa shape index (κ2) is 13.6. The third-order valence-electron chi connectivity index (χ3n) is 12.0. The van der Waals surface area contributed by atoms with Crippen LogP contribution in [0.15, 0.2) is 218 Å². The number of fused-ring (bicyclic) bond motifs is 9. The van der Waals surface area contributed by atoms with Crippen LogP contribution in [-0.4, -0.2) is 4.57 Å². The number of nitrogens with zero attached hydrogens (tertiary/aromatic N) is 2. The van der Waals surface area contributed by atoms with E-state index in [4.69, 9.17) is 0 Å². The average Bonchev–Trinajstić information content (AvgIpc) is 3.85. The number of aromatic nitrogens is 1. The largest absolute Gasteiger partial charge is 0.310 e. The van der Waals surface area contributed by atoms with E-state index in [2.05, 4.69) is 228 Å². The highest BCUT2D eigenvalue weighted by Crippen LogP contribution is 2.45. The first-order chi connectivity index (χ1) is 29.3. The Kier molecular flexibility index (Phi) is 7.75. The molecule has 0 fully saturated rings. The first-order valence-corrected chi connectivity index (χ1v) is 21.0. The number of thiophene rings is 1. The molecule has 2 heterocycles. The summed E-state index contributed by atoms with van der Waals surface area (Å²) in [5, 5.41) is 10.2. The van der Waals surface area contributed by atoms with Gasteiger partial charge in [-0.15, -0.1) is 11.3 Å². The second-order valence-electron chi connectivity index (χ2n) is 15.3. The van der Waals surface area contributed by atoms with Crippen LogP contribution >= 0.6 is 11.3 Å². The number of benzene rings is 10. The Balaban J connectivity index is 1.06. The van der Waals surface area contributed by atoms with E-state index in [1.54, 1.807) is 0 Å². The van der Waals surface area contributed by atoms with Crippen LogP contribution in [-0.2, 0) is 0 Å². The highest BCUT2D eigenvalue weighted by Gasteiger charge is 2.20. The van der Waals surface area contributed by atoms with E-state index < -0.39 is 0 Å². The molecular formula is C56H36N2S. The van der Waals surface area contributed by atoms with E-state index >= 15 is 0 Å². The van der Waals surface area contributed by atoms with Gasteiger partial charge in [0, 0.05) is 53.7 Å². The monoisotopic (exact) mass is 768 g/mol. The van der Waals surface area contributed by atoms with E-state index in [0.29, 0.717) is 0 Å². The number of anilines is 3. The van der Waals surface area contributed by atoms with Gasteiger partial charge in [0.05, 0.1) is 11.0 Å². The number of hydrogen-bond donors (Lipinski definition) is 0. The number of para-hydroxylation sites is 2. The maximum atomic E-state index is 2.43. The molecule has 0 atom stereocenters. The van der Waals surface area contributed by atoms with Crippen molar-refractivity contribution in [2.75, 3.05) is 4.90 Å². The molecule has 3 heteroatoms. The molecule has 59 heavy (non-hydrogen) atoms. The summed E-state index contributed by atoms with van der Waals surface area (Å²) >= 11 is 1.87. The second-order valence-corrected chi connectivity index (χ2v) is 16.4. The summed E-state index contributed by atoms with van der Waals surface area (Å²) in [5.74, 6) is 0. The maximum absolute atomic E-state index is 2.43. The van der Waals surface area contributed by atoms with Crippen LogP contribution in [0.1, 0.15) is 0 Å². The third-order valence-corrected chi connectivity index (χ3v) is 13.1. The molecule has 0 N–H and O–H groups in total. The molecule has 0 radical (unpaired) electrons. The van der Waals surface area contributed by atoms with Crippen molar-refractivity contribution in [2.24, 2.45) is 0 Å². The van der Waals surface area contributed by atoms with Crippen LogP contribution in [0, 0.1) is 0 Å². The summed E-state index contributed by atoms with van der Waals surface area (Å²) in [5.41, 5.74) is 11.7. The van der Waals surface area contributed by atoms with Crippen LogP contribution in [0.2, 0.25) is 0 Å². The quantitative estimate of drug-likeness (QED) is 0.164. The molecule has 0 amide bonds. The molecular weight excluding hydrogens is 733 g/mol. The van der Waals surface area contributed by atoms with Crippen molar-refractivity contribution >= 4 is 91.9 Å². The SMILES string of the molecule is c1ccc(-c2cccc3cccc(-c4ccc(N(c5ccc6c(c5)sc5ccc7ccccc7c56)c5ccc6c7ccccc7n(-c7ccccc7)c6c5)cc4)c23)cc1. The lowest BCUT2D eigenvalue weighted by atomic mass is 9.91. The molecule has 0 bridgehead atoms. The average molecular weight is 769 g/mol. The van der Waals surface area contributed by atoms with Crippen molar-refractivity contribution in [1.82, 2.24) is 4.57 Å². The Labute approximate surface area is 346 Å². The lowest BCUT2D eigenvalue weighted by molar-refractivity contribution is 1.18. The highest BCUT2D eigenvalue weighted by molar-refractivity contribution is 7.26. The summed E-state index contributed by atoms with van der Waals surface area (Å²) in [4.78, 5) is 2.43. The fourth-order valence-electron chi connectivity index (χ4n) is 9.30. The van der Waals surface area contributed by atoms with E-state index in [1.807, 2.05) is 11.3 Å². The molecule has 2 aromatic heterocycles. The van der Waals surface area contributed by atoms with Crippen LogP contribution in [0.5, 0.6) is 0 Å². The van der Waals surface area contributed by atoms with Crippen molar-refractivity contribution in [3.05, 3.63) is 218 Å². The summed E-state index contributed by atoms with van der Waals surface area (Å²) in [6.45, 7) is 0. The lowest BCUT2D eigenvalue weighted by Gasteiger charge is -2.26. The maximum Gasteiger partial charge on any atom is 0.0561 e. The third kappa shape index (κ3) is 5.47. The van der Waals surface area contributed by atoms with Gasteiger partial charge in [0.1, 0.15) is 0 Å². The van der Waals surface area contributed by atoms with Crippen molar-refractivity contribution in [1.29, 1.82) is 0 Å². The van der Waals surface area contributed by atoms with Gasteiger partial charge < -0.3 is 9.47 Å². The minimum atomic E-state index is 1.10. The summed E-state index contributed by atoms with van der Waals surface area (Å²) in [6.07, 6.45) is 0. The zero-order chi connectivity index (χ0) is 38.9. The van der Waals surface area contributed by atoms with E-state index in [9.17, 15) is 0 Å². The van der Waals surface area contributed by atoms with E-state index in [0.717, 1.165) is 22.7 Å². The van der Waals surface area contributed by atoms with Crippen molar-refractivity contribution in [3.63, 3.8) is 0 Å². The zero-order valence-electron chi connectivity index (χ0n) is 32.1. The molecule has 276 valence electrons. The summed E-state index contributed by atoms with van der Waals surface area (Å²) < 4.78 is 4.99. The molecule has 0 aliphatic rings. The minimum absolute atomic E-state index is 1.10. The van der Waals surface area contributed by atoms with Crippen LogP contribution in [0.4, 0.5) is 17.1 Å². The molecule has 2 nitrogen and oxygen atoms in total. The fourth-order valence-corrected chi connectivity index (χ4v) is 10.5. The van der Waals surface area contributed by atoms with Gasteiger partial charge in [0.2, 0.25) is 0 Å². The van der Waals surface area contributed by atoms with E-state index in [1.165, 1.54) is 85.8 Å². The predicted octanol–water partition coefficient (Wildman–Crippen LogP) is 16.3. The van der Waals surface area contributed by atoms with Crippen molar-refractivity contribution in [2.45, 2.75) is 0 Å². The summed E-state index contributed by atoms with van der Waals surface area (Å²) in [7, 11) is 0. The minimum Gasteiger partial charge on any atom is -0.310 e. The van der Waals surface area contributed by atoms with Gasteiger partial charge in [-0.2, -0.15) is 0 Å². The first kappa shape index (κ1) is 33.7. The Morgan fingerprint density at radius 1 is 0.339 bits per heavy atom.